The number of nitro benzene ring substituents is 1. The summed E-state index contributed by atoms with van der Waals surface area (Å²) in [6.45, 7) is 4.26. The second-order valence-electron chi connectivity index (χ2n) is 5.52. The molecular formula is C15H20N2O4. The molecule has 0 saturated carbocycles. The maximum atomic E-state index is 11.9. The van der Waals surface area contributed by atoms with Crippen LogP contribution in [0.25, 0.3) is 0 Å². The summed E-state index contributed by atoms with van der Waals surface area (Å²) < 4.78 is 0. The van der Waals surface area contributed by atoms with Gasteiger partial charge in [0.1, 0.15) is 5.54 Å². The molecule has 0 aromatic heterocycles. The minimum Gasteiger partial charge on any atom is -0.479 e. The average molecular weight is 292 g/mol. The molecule has 0 spiro atoms. The molecule has 1 aromatic carbocycles. The van der Waals surface area contributed by atoms with Crippen LogP contribution in [0.1, 0.15) is 38.2 Å². The number of nitro groups is 1. The number of nitrogens with zero attached hydrogens (tertiary/aromatic N) is 2. The summed E-state index contributed by atoms with van der Waals surface area (Å²) in [7, 11) is 0. The lowest BCUT2D eigenvalue weighted by atomic mass is 9.90. The lowest BCUT2D eigenvalue weighted by Gasteiger charge is -2.37. The Hall–Kier alpha value is -2.11. The summed E-state index contributed by atoms with van der Waals surface area (Å²) in [5.74, 6) is -0.840. The van der Waals surface area contributed by atoms with Gasteiger partial charge in [0.2, 0.25) is 0 Å². The molecule has 114 valence electrons. The van der Waals surface area contributed by atoms with Gasteiger partial charge in [-0.15, -0.1) is 0 Å². The van der Waals surface area contributed by atoms with Crippen molar-refractivity contribution in [1.29, 1.82) is 0 Å². The Morgan fingerprint density at radius 3 is 2.81 bits per heavy atom. The standard InChI is InChI=1S/C15H20N2O4/c1-3-8-15(14(18)19)9-5-10-16(15)12-6-4-7-13(11(12)2)17(20)21/h4,6-7H,3,5,8-10H2,1-2H3,(H,18,19). The molecule has 0 amide bonds. The highest BCUT2D eigenvalue weighted by Crippen LogP contribution is 2.41. The number of carbonyl (C=O) groups is 1. The van der Waals surface area contributed by atoms with Crippen LogP contribution in [0.2, 0.25) is 0 Å². The molecule has 1 saturated heterocycles. The smallest absolute Gasteiger partial charge is 0.329 e. The summed E-state index contributed by atoms with van der Waals surface area (Å²) in [4.78, 5) is 24.4. The van der Waals surface area contributed by atoms with Crippen molar-refractivity contribution in [2.75, 3.05) is 11.4 Å². The summed E-state index contributed by atoms with van der Waals surface area (Å²) >= 11 is 0. The fraction of sp³-hybridized carbons (Fsp3) is 0.533. The first kappa shape index (κ1) is 15.3. The number of aliphatic carboxylic acids is 1. The van der Waals surface area contributed by atoms with Crippen LogP contribution in [-0.4, -0.2) is 28.1 Å². The molecule has 1 fully saturated rings. The molecule has 1 heterocycles. The van der Waals surface area contributed by atoms with E-state index in [0.717, 1.165) is 12.8 Å². The van der Waals surface area contributed by atoms with Crippen LogP contribution >= 0.6 is 0 Å². The van der Waals surface area contributed by atoms with Crippen molar-refractivity contribution in [2.45, 2.75) is 45.1 Å². The Labute approximate surface area is 123 Å². The zero-order valence-electron chi connectivity index (χ0n) is 12.3. The molecule has 1 aromatic rings. The zero-order chi connectivity index (χ0) is 15.6. The number of carboxylic acids is 1. The van der Waals surface area contributed by atoms with E-state index in [1.165, 1.54) is 6.07 Å². The number of hydrogen-bond acceptors (Lipinski definition) is 4. The van der Waals surface area contributed by atoms with Crippen LogP contribution in [0.15, 0.2) is 18.2 Å². The average Bonchev–Trinajstić information content (AvgIpc) is 2.84. The van der Waals surface area contributed by atoms with E-state index in [0.29, 0.717) is 30.6 Å². The second kappa shape index (κ2) is 5.71. The molecule has 21 heavy (non-hydrogen) atoms. The molecule has 6 nitrogen and oxygen atoms in total. The highest BCUT2D eigenvalue weighted by atomic mass is 16.6. The largest absolute Gasteiger partial charge is 0.479 e. The summed E-state index contributed by atoms with van der Waals surface area (Å²) in [5, 5.41) is 20.8. The summed E-state index contributed by atoms with van der Waals surface area (Å²) in [5.41, 5.74) is 0.299. The van der Waals surface area contributed by atoms with E-state index in [-0.39, 0.29) is 5.69 Å². The first-order valence-corrected chi connectivity index (χ1v) is 7.19. The molecule has 1 N–H and O–H groups in total. The van der Waals surface area contributed by atoms with Gasteiger partial charge < -0.3 is 10.0 Å². The molecule has 0 bridgehead atoms. The predicted octanol–water partition coefficient (Wildman–Crippen LogP) is 3.13. The third-order valence-electron chi connectivity index (χ3n) is 4.31. The van der Waals surface area contributed by atoms with Crippen LogP contribution in [0.3, 0.4) is 0 Å². The van der Waals surface area contributed by atoms with Crippen molar-refractivity contribution in [3.63, 3.8) is 0 Å². The monoisotopic (exact) mass is 292 g/mol. The van der Waals surface area contributed by atoms with Crippen LogP contribution in [-0.2, 0) is 4.79 Å². The van der Waals surface area contributed by atoms with Gasteiger partial charge in [0.05, 0.1) is 10.5 Å². The van der Waals surface area contributed by atoms with E-state index >= 15 is 0 Å². The topological polar surface area (TPSA) is 83.7 Å². The van der Waals surface area contributed by atoms with Gasteiger partial charge in [-0.25, -0.2) is 4.79 Å². The Morgan fingerprint density at radius 1 is 1.52 bits per heavy atom. The van der Waals surface area contributed by atoms with Crippen LogP contribution in [0, 0.1) is 17.0 Å². The molecule has 1 aliphatic rings. The molecule has 1 atom stereocenters. The van der Waals surface area contributed by atoms with Gasteiger partial charge in [-0.3, -0.25) is 10.1 Å². The van der Waals surface area contributed by atoms with Gasteiger partial charge >= 0.3 is 5.97 Å². The van der Waals surface area contributed by atoms with Crippen molar-refractivity contribution < 1.29 is 14.8 Å². The number of benzene rings is 1. The van der Waals surface area contributed by atoms with Crippen molar-refractivity contribution >= 4 is 17.3 Å². The summed E-state index contributed by atoms with van der Waals surface area (Å²) in [6.07, 6.45) is 2.67. The van der Waals surface area contributed by atoms with E-state index in [1.54, 1.807) is 19.1 Å². The van der Waals surface area contributed by atoms with E-state index in [1.807, 2.05) is 11.8 Å². The lowest BCUT2D eigenvalue weighted by molar-refractivity contribution is -0.385. The fourth-order valence-corrected chi connectivity index (χ4v) is 3.33. The van der Waals surface area contributed by atoms with Gasteiger partial charge in [0.25, 0.3) is 5.69 Å². The number of hydrogen-bond donors (Lipinski definition) is 1. The molecule has 1 aliphatic heterocycles. The quantitative estimate of drug-likeness (QED) is 0.666. The van der Waals surface area contributed by atoms with Gasteiger partial charge in [0.15, 0.2) is 0 Å². The highest BCUT2D eigenvalue weighted by molar-refractivity contribution is 5.85. The first-order valence-electron chi connectivity index (χ1n) is 7.19. The second-order valence-corrected chi connectivity index (χ2v) is 5.52. The molecular weight excluding hydrogens is 272 g/mol. The van der Waals surface area contributed by atoms with Crippen LogP contribution in [0.5, 0.6) is 0 Å². The third-order valence-corrected chi connectivity index (χ3v) is 4.31. The number of carboxylic acid groups (broad SMARTS) is 1. The van der Waals surface area contributed by atoms with Crippen molar-refractivity contribution in [2.24, 2.45) is 0 Å². The molecule has 1 unspecified atom stereocenters. The Morgan fingerprint density at radius 2 is 2.24 bits per heavy atom. The van der Waals surface area contributed by atoms with Crippen molar-refractivity contribution in [3.8, 4) is 0 Å². The number of anilines is 1. The van der Waals surface area contributed by atoms with E-state index in [9.17, 15) is 20.0 Å². The van der Waals surface area contributed by atoms with E-state index in [2.05, 4.69) is 0 Å². The first-order chi connectivity index (χ1) is 9.94. The van der Waals surface area contributed by atoms with Crippen LogP contribution in [0.4, 0.5) is 11.4 Å². The van der Waals surface area contributed by atoms with Crippen molar-refractivity contribution in [3.05, 3.63) is 33.9 Å². The minimum atomic E-state index is -0.936. The maximum absolute atomic E-state index is 11.9. The van der Waals surface area contributed by atoms with Gasteiger partial charge in [-0.1, -0.05) is 19.4 Å². The Bertz CT molecular complexity index is 573. The molecule has 0 radical (unpaired) electrons. The third kappa shape index (κ3) is 2.46. The van der Waals surface area contributed by atoms with E-state index < -0.39 is 16.4 Å². The predicted molar refractivity (Wildman–Crippen MR) is 79.7 cm³/mol. The van der Waals surface area contributed by atoms with Crippen molar-refractivity contribution in [1.82, 2.24) is 0 Å². The number of rotatable bonds is 5. The fourth-order valence-electron chi connectivity index (χ4n) is 3.33. The molecule has 2 rings (SSSR count). The molecule has 0 aliphatic carbocycles. The van der Waals surface area contributed by atoms with Gasteiger partial charge in [0, 0.05) is 18.3 Å². The normalized spacial score (nSPS) is 21.5. The van der Waals surface area contributed by atoms with Gasteiger partial charge in [-0.05, 0) is 32.3 Å². The Balaban J connectivity index is 2.52. The maximum Gasteiger partial charge on any atom is 0.329 e. The minimum absolute atomic E-state index is 0.0372. The molecule has 6 heteroatoms. The highest BCUT2D eigenvalue weighted by Gasteiger charge is 2.47. The van der Waals surface area contributed by atoms with Crippen LogP contribution < -0.4 is 4.90 Å². The Kier molecular flexibility index (Phi) is 4.16. The lowest BCUT2D eigenvalue weighted by Crippen LogP contribution is -2.51. The zero-order valence-corrected chi connectivity index (χ0v) is 12.3. The van der Waals surface area contributed by atoms with Gasteiger partial charge in [-0.2, -0.15) is 0 Å². The van der Waals surface area contributed by atoms with E-state index in [4.69, 9.17) is 0 Å². The summed E-state index contributed by atoms with van der Waals surface area (Å²) in [6, 6.07) is 4.86. The SMILES string of the molecule is CCCC1(C(=O)O)CCCN1c1cccc([N+](=O)[O-])c1C.